The standard InChI is InChI=1S/C14H17BrN4S/c1-9-6-7-18-14(16)13(9)11(19-17)8-20-12-5-3-2-4-10(12)15/h2-7,11,19H,8,17H2,1H3,(H2,16,18). The first-order chi connectivity index (χ1) is 9.63. The van der Waals surface area contributed by atoms with Crippen LogP contribution in [0.4, 0.5) is 5.82 Å². The Balaban J connectivity index is 2.16. The van der Waals surface area contributed by atoms with Crippen LogP contribution in [0.2, 0.25) is 0 Å². The van der Waals surface area contributed by atoms with Crippen molar-refractivity contribution in [3.8, 4) is 0 Å². The van der Waals surface area contributed by atoms with Gasteiger partial charge in [0.05, 0.1) is 6.04 Å². The van der Waals surface area contributed by atoms with Crippen molar-refractivity contribution in [2.75, 3.05) is 11.5 Å². The van der Waals surface area contributed by atoms with E-state index < -0.39 is 0 Å². The molecule has 0 bridgehead atoms. The molecule has 0 radical (unpaired) electrons. The monoisotopic (exact) mass is 352 g/mol. The van der Waals surface area contributed by atoms with E-state index in [9.17, 15) is 0 Å². The number of hydrogen-bond acceptors (Lipinski definition) is 5. The summed E-state index contributed by atoms with van der Waals surface area (Å²) in [5.41, 5.74) is 10.9. The van der Waals surface area contributed by atoms with Gasteiger partial charge in [0.25, 0.3) is 0 Å². The molecule has 4 nitrogen and oxygen atoms in total. The van der Waals surface area contributed by atoms with Gasteiger partial charge in [0.15, 0.2) is 0 Å². The molecule has 0 amide bonds. The summed E-state index contributed by atoms with van der Waals surface area (Å²) in [5.74, 6) is 6.99. The van der Waals surface area contributed by atoms with E-state index in [0.717, 1.165) is 21.4 Å². The topological polar surface area (TPSA) is 77.0 Å². The molecule has 106 valence electrons. The first-order valence-electron chi connectivity index (χ1n) is 6.18. The molecule has 0 saturated heterocycles. The van der Waals surface area contributed by atoms with Gasteiger partial charge in [-0.15, -0.1) is 11.8 Å². The van der Waals surface area contributed by atoms with Gasteiger partial charge in [-0.05, 0) is 46.6 Å². The van der Waals surface area contributed by atoms with Crippen LogP contribution in [0.5, 0.6) is 0 Å². The first kappa shape index (κ1) is 15.3. The van der Waals surface area contributed by atoms with Crippen molar-refractivity contribution in [2.24, 2.45) is 5.84 Å². The van der Waals surface area contributed by atoms with E-state index in [4.69, 9.17) is 11.6 Å². The highest BCUT2D eigenvalue weighted by Crippen LogP contribution is 2.32. The molecule has 1 atom stereocenters. The lowest BCUT2D eigenvalue weighted by atomic mass is 10.0. The van der Waals surface area contributed by atoms with E-state index in [2.05, 4.69) is 32.4 Å². The SMILES string of the molecule is Cc1ccnc(N)c1C(CSc1ccccc1Br)NN. The summed E-state index contributed by atoms with van der Waals surface area (Å²) >= 11 is 5.26. The first-order valence-corrected chi connectivity index (χ1v) is 7.95. The molecular formula is C14H17BrN4S. The number of anilines is 1. The zero-order valence-corrected chi connectivity index (χ0v) is 13.5. The van der Waals surface area contributed by atoms with E-state index in [1.54, 1.807) is 18.0 Å². The maximum absolute atomic E-state index is 5.97. The van der Waals surface area contributed by atoms with Crippen LogP contribution < -0.4 is 17.0 Å². The summed E-state index contributed by atoms with van der Waals surface area (Å²) in [6, 6.07) is 10.0. The lowest BCUT2D eigenvalue weighted by Gasteiger charge is -2.19. The second-order valence-corrected chi connectivity index (χ2v) is 6.30. The highest BCUT2D eigenvalue weighted by atomic mass is 79.9. The summed E-state index contributed by atoms with van der Waals surface area (Å²) in [5, 5.41) is 0. The number of hydrogen-bond donors (Lipinski definition) is 3. The molecule has 0 fully saturated rings. The Labute approximate surface area is 131 Å². The third-order valence-corrected chi connectivity index (χ3v) is 5.15. The van der Waals surface area contributed by atoms with Gasteiger partial charge in [-0.1, -0.05) is 12.1 Å². The van der Waals surface area contributed by atoms with Crippen LogP contribution >= 0.6 is 27.7 Å². The van der Waals surface area contributed by atoms with Crippen molar-refractivity contribution >= 4 is 33.5 Å². The maximum Gasteiger partial charge on any atom is 0.128 e. The van der Waals surface area contributed by atoms with Gasteiger partial charge in [-0.3, -0.25) is 11.3 Å². The van der Waals surface area contributed by atoms with Crippen LogP contribution in [0.3, 0.4) is 0 Å². The van der Waals surface area contributed by atoms with Crippen molar-refractivity contribution in [1.29, 1.82) is 0 Å². The molecule has 5 N–H and O–H groups in total. The largest absolute Gasteiger partial charge is 0.383 e. The minimum atomic E-state index is -0.0409. The lowest BCUT2D eigenvalue weighted by molar-refractivity contribution is 0.607. The summed E-state index contributed by atoms with van der Waals surface area (Å²) in [6.07, 6.45) is 1.71. The Hall–Kier alpha value is -1.08. The summed E-state index contributed by atoms with van der Waals surface area (Å²) in [4.78, 5) is 5.32. The fourth-order valence-corrected chi connectivity index (χ4v) is 3.61. The van der Waals surface area contributed by atoms with E-state index in [1.165, 1.54) is 4.90 Å². The molecule has 20 heavy (non-hydrogen) atoms. The fourth-order valence-electron chi connectivity index (χ4n) is 1.99. The average molecular weight is 353 g/mol. The Morgan fingerprint density at radius 3 is 2.75 bits per heavy atom. The maximum atomic E-state index is 5.97. The number of rotatable bonds is 5. The predicted molar refractivity (Wildman–Crippen MR) is 88.3 cm³/mol. The number of nitrogens with zero attached hydrogens (tertiary/aromatic N) is 1. The summed E-state index contributed by atoms with van der Waals surface area (Å²) in [6.45, 7) is 2.01. The zero-order chi connectivity index (χ0) is 14.5. The van der Waals surface area contributed by atoms with Crippen molar-refractivity contribution < 1.29 is 0 Å². The number of hydrazine groups is 1. The highest BCUT2D eigenvalue weighted by Gasteiger charge is 2.17. The molecule has 1 aromatic carbocycles. The van der Waals surface area contributed by atoms with Crippen molar-refractivity contribution in [1.82, 2.24) is 10.4 Å². The highest BCUT2D eigenvalue weighted by molar-refractivity contribution is 9.10. The van der Waals surface area contributed by atoms with Crippen LogP contribution in [0.25, 0.3) is 0 Å². The van der Waals surface area contributed by atoms with Gasteiger partial charge in [-0.25, -0.2) is 4.98 Å². The molecule has 0 aliphatic carbocycles. The lowest BCUT2D eigenvalue weighted by Crippen LogP contribution is -2.31. The molecule has 1 heterocycles. The Morgan fingerprint density at radius 1 is 1.35 bits per heavy atom. The molecule has 2 aromatic rings. The average Bonchev–Trinajstić information content (AvgIpc) is 2.43. The smallest absolute Gasteiger partial charge is 0.128 e. The van der Waals surface area contributed by atoms with Gasteiger partial charge < -0.3 is 5.73 Å². The third kappa shape index (κ3) is 3.52. The molecule has 1 unspecified atom stereocenters. The third-order valence-electron chi connectivity index (χ3n) is 3.03. The van der Waals surface area contributed by atoms with Gasteiger partial charge in [0, 0.05) is 26.9 Å². The van der Waals surface area contributed by atoms with Gasteiger partial charge in [-0.2, -0.15) is 0 Å². The van der Waals surface area contributed by atoms with Crippen LogP contribution in [0.15, 0.2) is 45.9 Å². The molecule has 1 aromatic heterocycles. The van der Waals surface area contributed by atoms with Crippen LogP contribution in [-0.4, -0.2) is 10.7 Å². The van der Waals surface area contributed by atoms with Gasteiger partial charge in [0.2, 0.25) is 0 Å². The zero-order valence-electron chi connectivity index (χ0n) is 11.1. The fraction of sp³-hybridized carbons (Fsp3) is 0.214. The molecule has 0 spiro atoms. The predicted octanol–water partition coefficient (Wildman–Crippen LogP) is 3.03. The van der Waals surface area contributed by atoms with E-state index in [-0.39, 0.29) is 6.04 Å². The second kappa shape index (κ2) is 7.08. The van der Waals surface area contributed by atoms with Crippen LogP contribution in [-0.2, 0) is 0 Å². The number of halogens is 1. The normalized spacial score (nSPS) is 12.3. The number of nitrogen functional groups attached to an aromatic ring is 1. The summed E-state index contributed by atoms with van der Waals surface area (Å²) in [7, 11) is 0. The number of aryl methyl sites for hydroxylation is 1. The molecule has 6 heteroatoms. The van der Waals surface area contributed by atoms with Gasteiger partial charge in [0.1, 0.15) is 5.82 Å². The van der Waals surface area contributed by atoms with Gasteiger partial charge >= 0.3 is 0 Å². The molecule has 0 aliphatic rings. The number of pyridine rings is 1. The minimum absolute atomic E-state index is 0.0409. The Kier molecular flexibility index (Phi) is 5.42. The summed E-state index contributed by atoms with van der Waals surface area (Å²) < 4.78 is 1.08. The quantitative estimate of drug-likeness (QED) is 0.438. The van der Waals surface area contributed by atoms with Crippen LogP contribution in [0, 0.1) is 6.92 Å². The molecule has 0 saturated carbocycles. The Bertz CT molecular complexity index is 571. The molecule has 0 aliphatic heterocycles. The second-order valence-electron chi connectivity index (χ2n) is 4.39. The van der Waals surface area contributed by atoms with E-state index in [0.29, 0.717) is 5.82 Å². The molecular weight excluding hydrogens is 336 g/mol. The minimum Gasteiger partial charge on any atom is -0.383 e. The number of aromatic nitrogens is 1. The van der Waals surface area contributed by atoms with E-state index in [1.807, 2.05) is 31.2 Å². The number of nitrogens with one attached hydrogen (secondary N) is 1. The number of thioether (sulfide) groups is 1. The van der Waals surface area contributed by atoms with Crippen molar-refractivity contribution in [3.63, 3.8) is 0 Å². The van der Waals surface area contributed by atoms with Crippen LogP contribution in [0.1, 0.15) is 17.2 Å². The molecule has 2 rings (SSSR count). The van der Waals surface area contributed by atoms with Crippen molar-refractivity contribution in [3.05, 3.63) is 52.1 Å². The van der Waals surface area contributed by atoms with Crippen molar-refractivity contribution in [2.45, 2.75) is 17.9 Å². The number of benzene rings is 1. The number of nitrogens with two attached hydrogens (primary N) is 2. The van der Waals surface area contributed by atoms with E-state index >= 15 is 0 Å². The Morgan fingerprint density at radius 2 is 2.10 bits per heavy atom.